The van der Waals surface area contributed by atoms with Gasteiger partial charge in [-0.1, -0.05) is 13.3 Å². The van der Waals surface area contributed by atoms with Crippen molar-refractivity contribution in [3.63, 3.8) is 0 Å². The Morgan fingerprint density at radius 1 is 1.31 bits per heavy atom. The van der Waals surface area contributed by atoms with E-state index in [1.165, 1.54) is 32.2 Å². The highest BCUT2D eigenvalue weighted by Gasteiger charge is 2.36. The Hall–Kier alpha value is -0.120. The molecule has 0 amide bonds. The van der Waals surface area contributed by atoms with Gasteiger partial charge in [-0.25, -0.2) is 0 Å². The number of rotatable bonds is 6. The van der Waals surface area contributed by atoms with Crippen LogP contribution in [0.25, 0.3) is 0 Å². The second kappa shape index (κ2) is 5.48. The highest BCUT2D eigenvalue weighted by Crippen LogP contribution is 2.30. The summed E-state index contributed by atoms with van der Waals surface area (Å²) < 4.78 is 0. The predicted molar refractivity (Wildman–Crippen MR) is 66.6 cm³/mol. The molecule has 3 nitrogen and oxygen atoms in total. The molecule has 1 aliphatic carbocycles. The summed E-state index contributed by atoms with van der Waals surface area (Å²) in [6, 6.07) is 0.783. The van der Waals surface area contributed by atoms with Crippen molar-refractivity contribution in [1.29, 1.82) is 0 Å². The van der Waals surface area contributed by atoms with E-state index >= 15 is 0 Å². The Morgan fingerprint density at radius 2 is 2.00 bits per heavy atom. The molecule has 0 aromatic carbocycles. The molecule has 3 heteroatoms. The van der Waals surface area contributed by atoms with Crippen molar-refractivity contribution >= 4 is 0 Å². The third-order valence-electron chi connectivity index (χ3n) is 3.89. The fourth-order valence-electron chi connectivity index (χ4n) is 2.62. The number of hydrogen-bond donors (Lipinski definition) is 2. The molecule has 1 saturated heterocycles. The van der Waals surface area contributed by atoms with E-state index in [9.17, 15) is 5.11 Å². The quantitative estimate of drug-likeness (QED) is 0.718. The van der Waals surface area contributed by atoms with Gasteiger partial charge in [0.05, 0.1) is 5.60 Å². The minimum Gasteiger partial charge on any atom is -0.388 e. The standard InChI is InChI=1S/C13H26N2O/c1-2-3-10-15(12-4-5-12)11-13(16)6-8-14-9-7-13/h12,14,16H,2-11H2,1H3. The number of hydrogen-bond acceptors (Lipinski definition) is 3. The fraction of sp³-hybridized carbons (Fsp3) is 1.00. The zero-order chi connectivity index (χ0) is 11.4. The molecule has 94 valence electrons. The van der Waals surface area contributed by atoms with E-state index in [-0.39, 0.29) is 0 Å². The zero-order valence-electron chi connectivity index (χ0n) is 10.5. The van der Waals surface area contributed by atoms with Crippen molar-refractivity contribution < 1.29 is 5.11 Å². The molecule has 16 heavy (non-hydrogen) atoms. The van der Waals surface area contributed by atoms with Crippen LogP contribution in [0.4, 0.5) is 0 Å². The van der Waals surface area contributed by atoms with Crippen LogP contribution in [0.3, 0.4) is 0 Å². The number of aliphatic hydroxyl groups is 1. The topological polar surface area (TPSA) is 35.5 Å². The molecule has 1 heterocycles. The Labute approximate surface area is 99.2 Å². The lowest BCUT2D eigenvalue weighted by Gasteiger charge is -2.37. The Bertz CT molecular complexity index is 210. The first-order chi connectivity index (χ1) is 7.73. The summed E-state index contributed by atoms with van der Waals surface area (Å²) in [7, 11) is 0. The normalized spacial score (nSPS) is 24.9. The largest absolute Gasteiger partial charge is 0.388 e. The van der Waals surface area contributed by atoms with Gasteiger partial charge >= 0.3 is 0 Å². The first-order valence-electron chi connectivity index (χ1n) is 6.91. The molecule has 0 bridgehead atoms. The van der Waals surface area contributed by atoms with E-state index in [0.29, 0.717) is 0 Å². The molecule has 0 unspecified atom stereocenters. The lowest BCUT2D eigenvalue weighted by atomic mass is 9.91. The molecule has 2 fully saturated rings. The van der Waals surface area contributed by atoms with E-state index in [0.717, 1.165) is 38.5 Å². The van der Waals surface area contributed by atoms with E-state index in [2.05, 4.69) is 17.1 Å². The van der Waals surface area contributed by atoms with Crippen LogP contribution in [0.15, 0.2) is 0 Å². The van der Waals surface area contributed by atoms with Crippen LogP contribution >= 0.6 is 0 Å². The van der Waals surface area contributed by atoms with Gasteiger partial charge in [0.25, 0.3) is 0 Å². The summed E-state index contributed by atoms with van der Waals surface area (Å²) in [6.07, 6.45) is 7.05. The maximum atomic E-state index is 10.5. The SMILES string of the molecule is CCCCN(CC1(O)CCNCC1)C1CC1. The first-order valence-corrected chi connectivity index (χ1v) is 6.91. The minimum absolute atomic E-state index is 0.415. The van der Waals surface area contributed by atoms with Gasteiger partial charge < -0.3 is 10.4 Å². The molecule has 0 aromatic heterocycles. The smallest absolute Gasteiger partial charge is 0.0798 e. The maximum absolute atomic E-state index is 10.5. The molecule has 1 aliphatic heterocycles. The van der Waals surface area contributed by atoms with Gasteiger partial charge in [-0.15, -0.1) is 0 Å². The molecule has 0 atom stereocenters. The van der Waals surface area contributed by atoms with E-state index in [1.807, 2.05) is 0 Å². The lowest BCUT2D eigenvalue weighted by Crippen LogP contribution is -2.50. The molecular formula is C13H26N2O. The number of piperidine rings is 1. The molecule has 2 rings (SSSR count). The summed E-state index contributed by atoms with van der Waals surface area (Å²) in [5.41, 5.74) is -0.415. The van der Waals surface area contributed by atoms with Crippen LogP contribution in [-0.2, 0) is 0 Å². The van der Waals surface area contributed by atoms with Crippen molar-refractivity contribution in [2.75, 3.05) is 26.2 Å². The second-order valence-electron chi connectivity index (χ2n) is 5.53. The van der Waals surface area contributed by atoms with Gasteiger partial charge in [-0.05, 0) is 51.7 Å². The highest BCUT2D eigenvalue weighted by atomic mass is 16.3. The van der Waals surface area contributed by atoms with Crippen molar-refractivity contribution in [3.05, 3.63) is 0 Å². The van der Waals surface area contributed by atoms with Gasteiger partial charge in [0.15, 0.2) is 0 Å². The van der Waals surface area contributed by atoms with Crippen LogP contribution in [0.2, 0.25) is 0 Å². The molecule has 0 aromatic rings. The van der Waals surface area contributed by atoms with Crippen molar-refractivity contribution in [1.82, 2.24) is 10.2 Å². The molecular weight excluding hydrogens is 200 g/mol. The third-order valence-corrected chi connectivity index (χ3v) is 3.89. The summed E-state index contributed by atoms with van der Waals surface area (Å²) in [5.74, 6) is 0. The second-order valence-corrected chi connectivity index (χ2v) is 5.53. The zero-order valence-corrected chi connectivity index (χ0v) is 10.5. The number of unbranched alkanes of at least 4 members (excludes halogenated alkanes) is 1. The fourth-order valence-corrected chi connectivity index (χ4v) is 2.62. The molecule has 2 N–H and O–H groups in total. The average molecular weight is 226 g/mol. The summed E-state index contributed by atoms with van der Waals surface area (Å²) in [6.45, 7) is 6.27. The van der Waals surface area contributed by atoms with Crippen LogP contribution in [0.1, 0.15) is 45.4 Å². The molecule has 0 spiro atoms. The number of nitrogens with one attached hydrogen (secondary N) is 1. The maximum Gasteiger partial charge on any atom is 0.0798 e. The Morgan fingerprint density at radius 3 is 2.56 bits per heavy atom. The third kappa shape index (κ3) is 3.44. The monoisotopic (exact) mass is 226 g/mol. The number of nitrogens with zero attached hydrogens (tertiary/aromatic N) is 1. The van der Waals surface area contributed by atoms with Gasteiger partial charge in [-0.3, -0.25) is 4.90 Å². The van der Waals surface area contributed by atoms with Crippen molar-refractivity contribution in [3.8, 4) is 0 Å². The lowest BCUT2D eigenvalue weighted by molar-refractivity contribution is -0.0231. The van der Waals surface area contributed by atoms with Crippen LogP contribution < -0.4 is 5.32 Å². The molecule has 1 saturated carbocycles. The predicted octanol–water partition coefficient (Wildman–Crippen LogP) is 1.37. The average Bonchev–Trinajstić information content (AvgIpc) is 3.09. The van der Waals surface area contributed by atoms with Crippen LogP contribution in [0.5, 0.6) is 0 Å². The van der Waals surface area contributed by atoms with Crippen LogP contribution in [-0.4, -0.2) is 47.8 Å². The van der Waals surface area contributed by atoms with E-state index in [1.54, 1.807) is 0 Å². The first kappa shape index (κ1) is 12.3. The van der Waals surface area contributed by atoms with E-state index < -0.39 is 5.60 Å². The summed E-state index contributed by atoms with van der Waals surface area (Å²) in [5, 5.41) is 13.9. The van der Waals surface area contributed by atoms with Crippen LogP contribution in [0, 0.1) is 0 Å². The van der Waals surface area contributed by atoms with Gasteiger partial charge in [0, 0.05) is 12.6 Å². The molecule has 0 radical (unpaired) electrons. The Balaban J connectivity index is 1.83. The van der Waals surface area contributed by atoms with Gasteiger partial charge in [-0.2, -0.15) is 0 Å². The molecule has 2 aliphatic rings. The Kier molecular flexibility index (Phi) is 4.22. The van der Waals surface area contributed by atoms with Crippen molar-refractivity contribution in [2.45, 2.75) is 57.1 Å². The van der Waals surface area contributed by atoms with Gasteiger partial charge in [0.1, 0.15) is 0 Å². The summed E-state index contributed by atoms with van der Waals surface area (Å²) in [4.78, 5) is 2.54. The minimum atomic E-state index is -0.415. The van der Waals surface area contributed by atoms with E-state index in [4.69, 9.17) is 0 Å². The summed E-state index contributed by atoms with van der Waals surface area (Å²) >= 11 is 0. The van der Waals surface area contributed by atoms with Gasteiger partial charge in [0.2, 0.25) is 0 Å². The van der Waals surface area contributed by atoms with Crippen molar-refractivity contribution in [2.24, 2.45) is 0 Å². The highest BCUT2D eigenvalue weighted by molar-refractivity contribution is 4.92.